The van der Waals surface area contributed by atoms with E-state index < -0.39 is 0 Å². The second-order valence-electron chi connectivity index (χ2n) is 7.74. The third kappa shape index (κ3) is 3.55. The average molecular weight is 355 g/mol. The Morgan fingerprint density at radius 3 is 2.46 bits per heavy atom. The number of rotatable bonds is 3. The van der Waals surface area contributed by atoms with E-state index in [0.29, 0.717) is 5.82 Å². The summed E-state index contributed by atoms with van der Waals surface area (Å²) < 4.78 is 1.78. The highest BCUT2D eigenvalue weighted by Crippen LogP contribution is 2.28. The zero-order chi connectivity index (χ0) is 17.9. The largest absolute Gasteiger partial charge is 0.357 e. The van der Waals surface area contributed by atoms with Gasteiger partial charge in [-0.3, -0.25) is 4.79 Å². The van der Waals surface area contributed by atoms with Crippen molar-refractivity contribution in [2.24, 2.45) is 13.0 Å². The van der Waals surface area contributed by atoms with E-state index in [1.807, 2.05) is 7.05 Å². The van der Waals surface area contributed by atoms with Gasteiger partial charge in [0.15, 0.2) is 11.5 Å². The smallest absolute Gasteiger partial charge is 0.228 e. The molecule has 6 heteroatoms. The number of carbonyl (C=O) groups excluding carboxylic acids is 1. The summed E-state index contributed by atoms with van der Waals surface area (Å²) >= 11 is 0. The number of nitrogens with zero attached hydrogens (tertiary/aromatic N) is 4. The number of hydrogen-bond acceptors (Lipinski definition) is 4. The molecule has 140 valence electrons. The molecule has 0 bridgehead atoms. The molecule has 4 rings (SSSR count). The van der Waals surface area contributed by atoms with Gasteiger partial charge in [0.05, 0.1) is 5.39 Å². The topological polar surface area (TPSA) is 63.1 Å². The van der Waals surface area contributed by atoms with Gasteiger partial charge in [-0.2, -0.15) is 5.10 Å². The Hall–Kier alpha value is -2.11. The van der Waals surface area contributed by atoms with Crippen molar-refractivity contribution in [1.82, 2.24) is 14.8 Å². The highest BCUT2D eigenvalue weighted by atomic mass is 16.2. The van der Waals surface area contributed by atoms with Crippen molar-refractivity contribution in [2.45, 2.75) is 57.8 Å². The minimum Gasteiger partial charge on any atom is -0.357 e. The van der Waals surface area contributed by atoms with Crippen LogP contribution in [-0.2, 0) is 11.8 Å². The van der Waals surface area contributed by atoms with E-state index in [1.165, 1.54) is 32.1 Å². The molecule has 0 atom stereocenters. The van der Waals surface area contributed by atoms with Crippen LogP contribution < -0.4 is 10.2 Å². The SMILES string of the molecule is Cn1nc(NC(=O)C2CCCCC2)c2ccc(N3CCCCCC3)nc21. The fraction of sp³-hybridized carbons (Fsp3) is 0.650. The maximum atomic E-state index is 12.6. The summed E-state index contributed by atoms with van der Waals surface area (Å²) in [5.74, 6) is 1.91. The summed E-state index contributed by atoms with van der Waals surface area (Å²) in [6.45, 7) is 2.14. The van der Waals surface area contributed by atoms with Gasteiger partial charge in [-0.05, 0) is 37.8 Å². The van der Waals surface area contributed by atoms with Crippen LogP contribution in [-0.4, -0.2) is 33.8 Å². The van der Waals surface area contributed by atoms with E-state index >= 15 is 0 Å². The van der Waals surface area contributed by atoms with Gasteiger partial charge in [0.25, 0.3) is 0 Å². The molecular weight excluding hydrogens is 326 g/mol. The number of hydrogen-bond donors (Lipinski definition) is 1. The zero-order valence-corrected chi connectivity index (χ0v) is 15.7. The molecule has 0 aromatic carbocycles. The maximum Gasteiger partial charge on any atom is 0.228 e. The summed E-state index contributed by atoms with van der Waals surface area (Å²) in [5, 5.41) is 8.52. The lowest BCUT2D eigenvalue weighted by Gasteiger charge is -2.21. The fourth-order valence-electron chi connectivity index (χ4n) is 4.27. The van der Waals surface area contributed by atoms with Crippen LogP contribution >= 0.6 is 0 Å². The van der Waals surface area contributed by atoms with Gasteiger partial charge in [-0.1, -0.05) is 32.1 Å². The second-order valence-corrected chi connectivity index (χ2v) is 7.74. The molecule has 3 heterocycles. The van der Waals surface area contributed by atoms with Gasteiger partial charge < -0.3 is 10.2 Å². The molecule has 2 aliphatic rings. The van der Waals surface area contributed by atoms with Crippen molar-refractivity contribution < 1.29 is 4.79 Å². The molecule has 1 saturated carbocycles. The standard InChI is InChI=1S/C20H29N5O/c1-24-19-16(11-12-17(21-19)25-13-7-2-3-8-14-25)18(23-24)22-20(26)15-9-5-4-6-10-15/h11-12,15H,2-10,13-14H2,1H3,(H,22,23,26). The Morgan fingerprint density at radius 1 is 1.04 bits per heavy atom. The first-order valence-corrected chi connectivity index (χ1v) is 10.1. The number of amides is 1. The number of nitrogens with one attached hydrogen (secondary N) is 1. The van der Waals surface area contributed by atoms with Gasteiger partial charge in [-0.15, -0.1) is 0 Å². The molecule has 1 aliphatic heterocycles. The lowest BCUT2D eigenvalue weighted by Crippen LogP contribution is -2.25. The Kier molecular flexibility index (Phi) is 5.09. The monoisotopic (exact) mass is 355 g/mol. The number of carbonyl (C=O) groups is 1. The van der Waals surface area contributed by atoms with Crippen LogP contribution in [0.15, 0.2) is 12.1 Å². The van der Waals surface area contributed by atoms with Crippen molar-refractivity contribution in [3.8, 4) is 0 Å². The summed E-state index contributed by atoms with van der Waals surface area (Å²) in [4.78, 5) is 19.8. The molecule has 1 N–H and O–H groups in total. The molecule has 1 amide bonds. The number of aryl methyl sites for hydroxylation is 1. The predicted molar refractivity (Wildman–Crippen MR) is 104 cm³/mol. The van der Waals surface area contributed by atoms with Crippen molar-refractivity contribution in [2.75, 3.05) is 23.3 Å². The van der Waals surface area contributed by atoms with Crippen molar-refractivity contribution in [3.63, 3.8) is 0 Å². The van der Waals surface area contributed by atoms with E-state index in [4.69, 9.17) is 4.98 Å². The summed E-state index contributed by atoms with van der Waals surface area (Å²) in [6, 6.07) is 4.14. The molecule has 2 aromatic heterocycles. The minimum absolute atomic E-state index is 0.112. The molecule has 1 aliphatic carbocycles. The highest BCUT2D eigenvalue weighted by molar-refractivity contribution is 6.00. The van der Waals surface area contributed by atoms with Crippen LogP contribution in [0.3, 0.4) is 0 Å². The first kappa shape index (κ1) is 17.3. The van der Waals surface area contributed by atoms with Crippen LogP contribution in [0, 0.1) is 5.92 Å². The summed E-state index contributed by atoms with van der Waals surface area (Å²) in [7, 11) is 1.90. The molecule has 1 saturated heterocycles. The van der Waals surface area contributed by atoms with Crippen molar-refractivity contribution in [1.29, 1.82) is 0 Å². The molecular formula is C20H29N5O. The van der Waals surface area contributed by atoms with Crippen molar-refractivity contribution in [3.05, 3.63) is 12.1 Å². The molecule has 6 nitrogen and oxygen atoms in total. The van der Waals surface area contributed by atoms with Crippen LogP contribution in [0.2, 0.25) is 0 Å². The summed E-state index contributed by atoms with van der Waals surface area (Å²) in [5.41, 5.74) is 0.839. The van der Waals surface area contributed by atoms with Gasteiger partial charge in [0.2, 0.25) is 5.91 Å². The van der Waals surface area contributed by atoms with E-state index in [1.54, 1.807) is 4.68 Å². The lowest BCUT2D eigenvalue weighted by atomic mass is 9.89. The van der Waals surface area contributed by atoms with Crippen LogP contribution in [0.5, 0.6) is 0 Å². The van der Waals surface area contributed by atoms with Crippen LogP contribution in [0.4, 0.5) is 11.6 Å². The highest BCUT2D eigenvalue weighted by Gasteiger charge is 2.23. The van der Waals surface area contributed by atoms with Gasteiger partial charge in [-0.25, -0.2) is 9.67 Å². The maximum absolute atomic E-state index is 12.6. The fourth-order valence-corrected chi connectivity index (χ4v) is 4.27. The van der Waals surface area contributed by atoms with Gasteiger partial charge in [0, 0.05) is 26.1 Å². The molecule has 0 unspecified atom stereocenters. The quantitative estimate of drug-likeness (QED) is 0.908. The number of pyridine rings is 1. The molecule has 2 aromatic rings. The third-order valence-electron chi connectivity index (χ3n) is 5.82. The first-order valence-electron chi connectivity index (χ1n) is 10.1. The number of anilines is 2. The number of aromatic nitrogens is 3. The Morgan fingerprint density at radius 2 is 1.73 bits per heavy atom. The molecule has 0 radical (unpaired) electrons. The van der Waals surface area contributed by atoms with E-state index in [0.717, 1.165) is 55.6 Å². The van der Waals surface area contributed by atoms with E-state index in [2.05, 4.69) is 27.4 Å². The Labute approximate surface area is 155 Å². The Bertz CT molecular complexity index is 770. The zero-order valence-electron chi connectivity index (χ0n) is 15.7. The third-order valence-corrected chi connectivity index (χ3v) is 5.82. The van der Waals surface area contributed by atoms with Gasteiger partial charge in [0.1, 0.15) is 5.82 Å². The van der Waals surface area contributed by atoms with Crippen molar-refractivity contribution >= 4 is 28.6 Å². The average Bonchev–Trinajstić information content (AvgIpc) is 2.85. The molecule has 2 fully saturated rings. The normalized spacial score (nSPS) is 19.5. The predicted octanol–water partition coefficient (Wildman–Crippen LogP) is 3.87. The van der Waals surface area contributed by atoms with E-state index in [9.17, 15) is 4.79 Å². The van der Waals surface area contributed by atoms with E-state index in [-0.39, 0.29) is 11.8 Å². The second kappa shape index (κ2) is 7.64. The van der Waals surface area contributed by atoms with Crippen LogP contribution in [0.25, 0.3) is 11.0 Å². The Balaban J connectivity index is 1.56. The van der Waals surface area contributed by atoms with Gasteiger partial charge >= 0.3 is 0 Å². The first-order chi connectivity index (χ1) is 12.7. The number of fused-ring (bicyclic) bond motifs is 1. The summed E-state index contributed by atoms with van der Waals surface area (Å²) in [6.07, 6.45) is 10.6. The minimum atomic E-state index is 0.112. The van der Waals surface area contributed by atoms with Crippen LogP contribution in [0.1, 0.15) is 57.8 Å². The molecule has 0 spiro atoms. The lowest BCUT2D eigenvalue weighted by molar-refractivity contribution is -0.120. The molecule has 26 heavy (non-hydrogen) atoms.